The Morgan fingerprint density at radius 2 is 2.26 bits per heavy atom. The molecule has 0 spiro atoms. The third-order valence-corrected chi connectivity index (χ3v) is 3.98. The summed E-state index contributed by atoms with van der Waals surface area (Å²) < 4.78 is 2.60. The number of halogens is 1. The predicted molar refractivity (Wildman–Crippen MR) is 80.8 cm³/mol. The van der Waals surface area contributed by atoms with E-state index < -0.39 is 0 Å². The first kappa shape index (κ1) is 12.6. The van der Waals surface area contributed by atoms with Gasteiger partial charge in [-0.25, -0.2) is 14.6 Å². The Morgan fingerprint density at radius 1 is 1.37 bits per heavy atom. The van der Waals surface area contributed by atoms with Gasteiger partial charge in [-0.05, 0) is 39.9 Å². The number of hydrogen-bond donors (Lipinski definition) is 0. The van der Waals surface area contributed by atoms with Crippen molar-refractivity contribution in [3.63, 3.8) is 0 Å². The number of fused-ring (bicyclic) bond motifs is 1. The van der Waals surface area contributed by atoms with Crippen molar-refractivity contribution in [3.05, 3.63) is 41.4 Å². The van der Waals surface area contributed by atoms with Crippen molar-refractivity contribution in [3.8, 4) is 5.82 Å². The summed E-state index contributed by atoms with van der Waals surface area (Å²) in [6.45, 7) is 2.13. The fraction of sp³-hybridized carbons (Fsp3) is 0.154. The lowest BCUT2D eigenvalue weighted by atomic mass is 10.3. The van der Waals surface area contributed by atoms with E-state index in [-0.39, 0.29) is 0 Å². The second-order valence-electron chi connectivity index (χ2n) is 3.90. The molecule has 3 rings (SSSR count). The SMILES string of the molecule is CCSc1cccnc1-n1cc2cnc(Br)cc2n1. The van der Waals surface area contributed by atoms with Crippen molar-refractivity contribution < 1.29 is 0 Å². The molecule has 0 aliphatic rings. The highest BCUT2D eigenvalue weighted by Gasteiger charge is 2.09. The summed E-state index contributed by atoms with van der Waals surface area (Å²) in [6.07, 6.45) is 5.55. The Kier molecular flexibility index (Phi) is 3.52. The Labute approximate surface area is 123 Å². The third kappa shape index (κ3) is 2.50. The molecule has 4 nitrogen and oxygen atoms in total. The van der Waals surface area contributed by atoms with Crippen LogP contribution < -0.4 is 0 Å². The average molecular weight is 335 g/mol. The van der Waals surface area contributed by atoms with Gasteiger partial charge < -0.3 is 0 Å². The molecule has 0 aromatic carbocycles. The lowest BCUT2D eigenvalue weighted by Gasteiger charge is -2.05. The standard InChI is InChI=1S/C13H11BrN4S/c1-2-19-11-4-3-5-15-13(11)18-8-9-7-16-12(14)6-10(9)17-18/h3-8H,2H2,1H3. The highest BCUT2D eigenvalue weighted by atomic mass is 79.9. The fourth-order valence-electron chi connectivity index (χ4n) is 1.82. The van der Waals surface area contributed by atoms with E-state index in [4.69, 9.17) is 0 Å². The molecule has 96 valence electrons. The minimum atomic E-state index is 0.787. The monoisotopic (exact) mass is 334 g/mol. The molecule has 19 heavy (non-hydrogen) atoms. The number of aromatic nitrogens is 4. The summed E-state index contributed by atoms with van der Waals surface area (Å²) in [5, 5.41) is 5.56. The van der Waals surface area contributed by atoms with E-state index in [9.17, 15) is 0 Å². The summed E-state index contributed by atoms with van der Waals surface area (Å²) in [5.74, 6) is 1.87. The molecule has 0 N–H and O–H groups in total. The van der Waals surface area contributed by atoms with Crippen LogP contribution in [0.4, 0.5) is 0 Å². The van der Waals surface area contributed by atoms with Gasteiger partial charge >= 0.3 is 0 Å². The van der Waals surface area contributed by atoms with Crippen molar-refractivity contribution >= 4 is 38.6 Å². The molecule has 0 aliphatic carbocycles. The van der Waals surface area contributed by atoms with Gasteiger partial charge in [0.1, 0.15) is 4.60 Å². The van der Waals surface area contributed by atoms with Crippen LogP contribution in [0.3, 0.4) is 0 Å². The van der Waals surface area contributed by atoms with E-state index in [2.05, 4.69) is 44.0 Å². The molecule has 0 saturated heterocycles. The van der Waals surface area contributed by atoms with E-state index in [1.165, 1.54) is 0 Å². The van der Waals surface area contributed by atoms with Crippen molar-refractivity contribution in [2.24, 2.45) is 0 Å². The maximum absolute atomic E-state index is 4.56. The van der Waals surface area contributed by atoms with Crippen LogP contribution in [0.2, 0.25) is 0 Å². The summed E-state index contributed by atoms with van der Waals surface area (Å²) in [7, 11) is 0. The number of thioether (sulfide) groups is 1. The van der Waals surface area contributed by atoms with Crippen LogP contribution in [0.15, 0.2) is 46.3 Å². The third-order valence-electron chi connectivity index (χ3n) is 2.62. The van der Waals surface area contributed by atoms with Crippen LogP contribution in [-0.2, 0) is 0 Å². The van der Waals surface area contributed by atoms with Crippen LogP contribution in [0.25, 0.3) is 16.7 Å². The molecule has 0 saturated carbocycles. The Hall–Kier alpha value is -1.40. The quantitative estimate of drug-likeness (QED) is 0.541. The number of rotatable bonds is 3. The van der Waals surface area contributed by atoms with Gasteiger partial charge in [-0.3, -0.25) is 0 Å². The molecule has 6 heteroatoms. The number of hydrogen-bond acceptors (Lipinski definition) is 4. The van der Waals surface area contributed by atoms with Gasteiger partial charge in [-0.15, -0.1) is 11.8 Å². The molecule has 3 heterocycles. The highest BCUT2D eigenvalue weighted by Crippen LogP contribution is 2.25. The maximum atomic E-state index is 4.56. The van der Waals surface area contributed by atoms with Crippen LogP contribution in [0.5, 0.6) is 0 Å². The molecule has 3 aromatic heterocycles. The summed E-state index contributed by atoms with van der Waals surface area (Å²) in [5.41, 5.74) is 0.903. The largest absolute Gasteiger partial charge is 0.249 e. The first-order valence-electron chi connectivity index (χ1n) is 5.87. The predicted octanol–water partition coefficient (Wildman–Crippen LogP) is 3.69. The zero-order valence-corrected chi connectivity index (χ0v) is 12.6. The summed E-state index contributed by atoms with van der Waals surface area (Å²) in [4.78, 5) is 9.77. The molecule has 0 atom stereocenters. The molecular weight excluding hydrogens is 324 g/mol. The molecule has 0 unspecified atom stereocenters. The average Bonchev–Trinajstić information content (AvgIpc) is 2.82. The fourth-order valence-corrected chi connectivity index (χ4v) is 2.90. The van der Waals surface area contributed by atoms with Gasteiger partial charge in [0.05, 0.1) is 10.4 Å². The van der Waals surface area contributed by atoms with Crippen molar-refractivity contribution in [2.75, 3.05) is 5.75 Å². The molecule has 3 aromatic rings. The topological polar surface area (TPSA) is 43.6 Å². The Balaban J connectivity index is 2.13. The van der Waals surface area contributed by atoms with Crippen LogP contribution in [0, 0.1) is 0 Å². The van der Waals surface area contributed by atoms with E-state index in [1.54, 1.807) is 24.2 Å². The zero-order valence-electron chi connectivity index (χ0n) is 10.2. The van der Waals surface area contributed by atoms with Crippen molar-refractivity contribution in [2.45, 2.75) is 11.8 Å². The second-order valence-corrected chi connectivity index (χ2v) is 6.02. The molecule has 0 fully saturated rings. The normalized spacial score (nSPS) is 11.1. The molecule has 0 radical (unpaired) electrons. The Morgan fingerprint density at radius 3 is 3.11 bits per heavy atom. The van der Waals surface area contributed by atoms with Crippen LogP contribution in [-0.4, -0.2) is 25.5 Å². The van der Waals surface area contributed by atoms with Crippen LogP contribution >= 0.6 is 27.7 Å². The minimum Gasteiger partial charge on any atom is -0.249 e. The van der Waals surface area contributed by atoms with E-state index >= 15 is 0 Å². The smallest absolute Gasteiger partial charge is 0.167 e. The lowest BCUT2D eigenvalue weighted by Crippen LogP contribution is -1.99. The van der Waals surface area contributed by atoms with Crippen molar-refractivity contribution in [1.29, 1.82) is 0 Å². The van der Waals surface area contributed by atoms with Crippen LogP contribution in [0.1, 0.15) is 6.92 Å². The van der Waals surface area contributed by atoms with Gasteiger partial charge in [0.15, 0.2) is 5.82 Å². The highest BCUT2D eigenvalue weighted by molar-refractivity contribution is 9.10. The lowest BCUT2D eigenvalue weighted by molar-refractivity contribution is 0.837. The van der Waals surface area contributed by atoms with Gasteiger partial charge in [0.2, 0.25) is 0 Å². The molecular formula is C13H11BrN4S. The molecule has 0 amide bonds. The van der Waals surface area contributed by atoms with E-state index in [0.717, 1.165) is 32.0 Å². The molecule has 0 bridgehead atoms. The van der Waals surface area contributed by atoms with Gasteiger partial charge in [0, 0.05) is 24.0 Å². The molecule has 0 aliphatic heterocycles. The second kappa shape index (κ2) is 5.30. The number of pyridine rings is 2. The first-order chi connectivity index (χ1) is 9.28. The Bertz CT molecular complexity index is 725. The zero-order chi connectivity index (χ0) is 13.2. The summed E-state index contributed by atoms with van der Waals surface area (Å²) >= 11 is 5.12. The minimum absolute atomic E-state index is 0.787. The van der Waals surface area contributed by atoms with E-state index in [1.807, 2.05) is 23.0 Å². The first-order valence-corrected chi connectivity index (χ1v) is 7.65. The van der Waals surface area contributed by atoms with Crippen molar-refractivity contribution in [1.82, 2.24) is 19.7 Å². The summed E-state index contributed by atoms with van der Waals surface area (Å²) in [6, 6.07) is 5.92. The van der Waals surface area contributed by atoms with Gasteiger partial charge in [0.25, 0.3) is 0 Å². The maximum Gasteiger partial charge on any atom is 0.167 e. The number of nitrogens with zero attached hydrogens (tertiary/aromatic N) is 4. The van der Waals surface area contributed by atoms with E-state index in [0.29, 0.717) is 0 Å². The van der Waals surface area contributed by atoms with Gasteiger partial charge in [-0.1, -0.05) is 6.92 Å². The van der Waals surface area contributed by atoms with Gasteiger partial charge in [-0.2, -0.15) is 5.10 Å².